The zero-order chi connectivity index (χ0) is 17.3. The molecule has 2 fully saturated rings. The number of anilines is 1. The molecule has 132 valence electrons. The number of aryl methyl sites for hydroxylation is 1. The molecule has 0 bridgehead atoms. The molecule has 0 radical (unpaired) electrons. The summed E-state index contributed by atoms with van der Waals surface area (Å²) in [4.78, 5) is 24.8. The summed E-state index contributed by atoms with van der Waals surface area (Å²) in [6.07, 6.45) is 0.578. The summed E-state index contributed by atoms with van der Waals surface area (Å²) < 4.78 is 28.7. The molecule has 0 aliphatic carbocycles. The van der Waals surface area contributed by atoms with Crippen LogP contribution in [0.25, 0.3) is 0 Å². The van der Waals surface area contributed by atoms with Crippen molar-refractivity contribution in [2.75, 3.05) is 49.8 Å². The molecule has 1 aromatic heterocycles. The van der Waals surface area contributed by atoms with Gasteiger partial charge >= 0.3 is 0 Å². The first-order valence-corrected chi connectivity index (χ1v) is 9.84. The van der Waals surface area contributed by atoms with Gasteiger partial charge in [0, 0.05) is 32.2 Å². The molecule has 1 unspecified atom stereocenters. The predicted octanol–water partition coefficient (Wildman–Crippen LogP) is -0.119. The van der Waals surface area contributed by atoms with E-state index in [1.807, 2.05) is 11.9 Å². The number of amides is 1. The lowest BCUT2D eigenvalue weighted by atomic mass is 10.2. The minimum Gasteiger partial charge on any atom is -0.378 e. The normalized spacial score (nSPS) is 23.2. The van der Waals surface area contributed by atoms with Crippen LogP contribution in [0, 0.1) is 6.92 Å². The summed E-state index contributed by atoms with van der Waals surface area (Å²) >= 11 is 0. The Bertz CT molecular complexity index is 731. The van der Waals surface area contributed by atoms with E-state index in [1.165, 1.54) is 0 Å². The van der Waals surface area contributed by atoms with Gasteiger partial charge in [-0.15, -0.1) is 0 Å². The SMILES string of the molecule is Cc1nc(C(=O)N2CCOCC2)cc(N(C)C2CCS(=O)(=O)C2)n1. The molecule has 9 heteroatoms. The van der Waals surface area contributed by atoms with Crippen molar-refractivity contribution < 1.29 is 17.9 Å². The van der Waals surface area contributed by atoms with Crippen LogP contribution >= 0.6 is 0 Å². The fourth-order valence-electron chi connectivity index (χ4n) is 3.04. The molecular weight excluding hydrogens is 332 g/mol. The lowest BCUT2D eigenvalue weighted by Crippen LogP contribution is -2.41. The van der Waals surface area contributed by atoms with E-state index < -0.39 is 9.84 Å². The molecule has 1 aromatic rings. The Labute approximate surface area is 141 Å². The zero-order valence-corrected chi connectivity index (χ0v) is 14.8. The van der Waals surface area contributed by atoms with Gasteiger partial charge in [-0.05, 0) is 13.3 Å². The van der Waals surface area contributed by atoms with Crippen molar-refractivity contribution in [3.05, 3.63) is 17.6 Å². The van der Waals surface area contributed by atoms with Crippen LogP contribution in [0.15, 0.2) is 6.07 Å². The number of carbonyl (C=O) groups excluding carboxylic acids is 1. The molecule has 2 saturated heterocycles. The second-order valence-electron chi connectivity index (χ2n) is 6.23. The molecule has 2 aliphatic heterocycles. The minimum atomic E-state index is -2.98. The number of hydrogen-bond donors (Lipinski definition) is 0. The molecule has 0 aromatic carbocycles. The summed E-state index contributed by atoms with van der Waals surface area (Å²) in [7, 11) is -1.16. The topological polar surface area (TPSA) is 92.7 Å². The maximum Gasteiger partial charge on any atom is 0.272 e. The van der Waals surface area contributed by atoms with Gasteiger partial charge in [-0.25, -0.2) is 18.4 Å². The lowest BCUT2D eigenvalue weighted by molar-refractivity contribution is 0.0299. The first-order valence-electron chi connectivity index (χ1n) is 8.02. The number of carbonyl (C=O) groups is 1. The third-order valence-corrected chi connectivity index (χ3v) is 6.21. The molecule has 1 amide bonds. The average Bonchev–Trinajstić information content (AvgIpc) is 2.93. The summed E-state index contributed by atoms with van der Waals surface area (Å²) in [5.41, 5.74) is 0.340. The van der Waals surface area contributed by atoms with Crippen molar-refractivity contribution in [1.29, 1.82) is 0 Å². The van der Waals surface area contributed by atoms with Gasteiger partial charge in [-0.2, -0.15) is 0 Å². The van der Waals surface area contributed by atoms with E-state index >= 15 is 0 Å². The standard InChI is InChI=1S/C15H22N4O4S/c1-11-16-13(15(20)19-4-6-23-7-5-19)9-14(17-11)18(2)12-3-8-24(21,22)10-12/h9,12H,3-8,10H2,1-2H3. The molecular formula is C15H22N4O4S. The third kappa shape index (κ3) is 3.67. The van der Waals surface area contributed by atoms with Crippen LogP contribution in [0.3, 0.4) is 0 Å². The van der Waals surface area contributed by atoms with Gasteiger partial charge in [0.05, 0.1) is 24.7 Å². The second-order valence-corrected chi connectivity index (χ2v) is 8.46. The van der Waals surface area contributed by atoms with Gasteiger partial charge < -0.3 is 14.5 Å². The highest BCUT2D eigenvalue weighted by molar-refractivity contribution is 7.91. The minimum absolute atomic E-state index is 0.115. The van der Waals surface area contributed by atoms with Crippen molar-refractivity contribution in [3.8, 4) is 0 Å². The Balaban J connectivity index is 1.82. The van der Waals surface area contributed by atoms with E-state index in [4.69, 9.17) is 4.74 Å². The van der Waals surface area contributed by atoms with Gasteiger partial charge in [0.15, 0.2) is 9.84 Å². The number of hydrogen-bond acceptors (Lipinski definition) is 7. The van der Waals surface area contributed by atoms with Crippen LogP contribution in [0.2, 0.25) is 0 Å². The zero-order valence-electron chi connectivity index (χ0n) is 13.9. The van der Waals surface area contributed by atoms with Crippen molar-refractivity contribution in [2.24, 2.45) is 0 Å². The van der Waals surface area contributed by atoms with Gasteiger partial charge in [0.25, 0.3) is 5.91 Å². The third-order valence-electron chi connectivity index (χ3n) is 4.46. The van der Waals surface area contributed by atoms with Crippen molar-refractivity contribution in [1.82, 2.24) is 14.9 Å². The molecule has 8 nitrogen and oxygen atoms in total. The lowest BCUT2D eigenvalue weighted by Gasteiger charge is -2.28. The smallest absolute Gasteiger partial charge is 0.272 e. The molecule has 0 saturated carbocycles. The number of nitrogens with zero attached hydrogens (tertiary/aromatic N) is 4. The first kappa shape index (κ1) is 17.1. The van der Waals surface area contributed by atoms with Crippen LogP contribution in [0.1, 0.15) is 22.7 Å². The molecule has 2 aliphatic rings. The van der Waals surface area contributed by atoms with E-state index in [2.05, 4.69) is 9.97 Å². The maximum atomic E-state index is 12.6. The average molecular weight is 354 g/mol. The van der Waals surface area contributed by atoms with Crippen LogP contribution in [0.5, 0.6) is 0 Å². The van der Waals surface area contributed by atoms with Crippen LogP contribution in [0.4, 0.5) is 5.82 Å². The summed E-state index contributed by atoms with van der Waals surface area (Å²) in [6.45, 7) is 3.89. The largest absolute Gasteiger partial charge is 0.378 e. The number of morpholine rings is 1. The summed E-state index contributed by atoms with van der Waals surface area (Å²) in [5.74, 6) is 1.26. The van der Waals surface area contributed by atoms with E-state index in [0.29, 0.717) is 50.1 Å². The van der Waals surface area contributed by atoms with Gasteiger partial charge in [0.2, 0.25) is 0 Å². The molecule has 3 heterocycles. The summed E-state index contributed by atoms with van der Waals surface area (Å²) in [6, 6.07) is 1.53. The van der Waals surface area contributed by atoms with Gasteiger partial charge in [-0.3, -0.25) is 4.79 Å². The Morgan fingerprint density at radius 2 is 2.04 bits per heavy atom. The Morgan fingerprint density at radius 3 is 2.67 bits per heavy atom. The van der Waals surface area contributed by atoms with Crippen molar-refractivity contribution >= 4 is 21.6 Å². The summed E-state index contributed by atoms with van der Waals surface area (Å²) in [5, 5.41) is 0. The molecule has 0 N–H and O–H groups in total. The van der Waals surface area contributed by atoms with Gasteiger partial charge in [0.1, 0.15) is 17.3 Å². The molecule has 0 spiro atoms. The Kier molecular flexibility index (Phi) is 4.73. The fraction of sp³-hybridized carbons (Fsp3) is 0.667. The maximum absolute atomic E-state index is 12.6. The van der Waals surface area contributed by atoms with Gasteiger partial charge in [-0.1, -0.05) is 0 Å². The van der Waals surface area contributed by atoms with Crippen molar-refractivity contribution in [2.45, 2.75) is 19.4 Å². The fourth-order valence-corrected chi connectivity index (χ4v) is 4.81. The van der Waals surface area contributed by atoms with E-state index in [1.54, 1.807) is 17.9 Å². The predicted molar refractivity (Wildman–Crippen MR) is 89.0 cm³/mol. The monoisotopic (exact) mass is 354 g/mol. The van der Waals surface area contributed by atoms with Crippen LogP contribution in [-0.4, -0.2) is 80.1 Å². The van der Waals surface area contributed by atoms with Crippen LogP contribution in [-0.2, 0) is 14.6 Å². The van der Waals surface area contributed by atoms with Crippen molar-refractivity contribution in [3.63, 3.8) is 0 Å². The van der Waals surface area contributed by atoms with E-state index in [-0.39, 0.29) is 23.5 Å². The van der Waals surface area contributed by atoms with Crippen LogP contribution < -0.4 is 4.90 Å². The highest BCUT2D eigenvalue weighted by Crippen LogP contribution is 2.22. The Morgan fingerprint density at radius 1 is 1.33 bits per heavy atom. The number of sulfone groups is 1. The number of ether oxygens (including phenoxy) is 1. The van der Waals surface area contributed by atoms with E-state index in [0.717, 1.165) is 0 Å². The number of aromatic nitrogens is 2. The molecule has 3 rings (SSSR count). The highest BCUT2D eigenvalue weighted by atomic mass is 32.2. The van der Waals surface area contributed by atoms with E-state index in [9.17, 15) is 13.2 Å². The number of rotatable bonds is 3. The quantitative estimate of drug-likeness (QED) is 0.747. The Hall–Kier alpha value is -1.74. The highest BCUT2D eigenvalue weighted by Gasteiger charge is 2.32. The first-order chi connectivity index (χ1) is 11.4. The second kappa shape index (κ2) is 6.64. The molecule has 24 heavy (non-hydrogen) atoms. The molecule has 1 atom stereocenters.